The number of rotatable bonds is 4. The number of nitrogens with one attached hydrogen (secondary N) is 1. The fourth-order valence-electron chi connectivity index (χ4n) is 2.82. The second-order valence-corrected chi connectivity index (χ2v) is 7.51. The lowest BCUT2D eigenvalue weighted by molar-refractivity contribution is 0.229. The number of aryl methyl sites for hydroxylation is 1. The highest BCUT2D eigenvalue weighted by Crippen LogP contribution is 2.26. The van der Waals surface area contributed by atoms with E-state index in [0.29, 0.717) is 29.9 Å². The quantitative estimate of drug-likeness (QED) is 0.924. The second-order valence-electron chi connectivity index (χ2n) is 5.61. The third kappa shape index (κ3) is 3.05. The van der Waals surface area contributed by atoms with Crippen LogP contribution in [0.1, 0.15) is 25.3 Å². The molecule has 1 heterocycles. The third-order valence-electron chi connectivity index (χ3n) is 4.29. The largest absolute Gasteiger partial charge is 0.317 e. The SMILES string of the molecule is CNC(C)C1CCCN(S(=O)(=O)c2ccccc2C)C1. The minimum Gasteiger partial charge on any atom is -0.317 e. The maximum Gasteiger partial charge on any atom is 0.243 e. The summed E-state index contributed by atoms with van der Waals surface area (Å²) in [6.45, 7) is 5.21. The number of sulfonamides is 1. The van der Waals surface area contributed by atoms with Crippen molar-refractivity contribution in [3.05, 3.63) is 29.8 Å². The number of nitrogens with zero attached hydrogens (tertiary/aromatic N) is 1. The Bertz CT molecular complexity index is 557. The van der Waals surface area contributed by atoms with E-state index in [0.717, 1.165) is 18.4 Å². The van der Waals surface area contributed by atoms with Crippen LogP contribution in [0, 0.1) is 12.8 Å². The van der Waals surface area contributed by atoms with Gasteiger partial charge in [0.1, 0.15) is 0 Å². The van der Waals surface area contributed by atoms with Crippen LogP contribution < -0.4 is 5.32 Å². The summed E-state index contributed by atoms with van der Waals surface area (Å²) in [5.41, 5.74) is 0.816. The molecule has 0 amide bonds. The predicted octanol–water partition coefficient (Wildman–Crippen LogP) is 2.00. The van der Waals surface area contributed by atoms with Gasteiger partial charge < -0.3 is 5.32 Å². The summed E-state index contributed by atoms with van der Waals surface area (Å²) in [4.78, 5) is 0.442. The van der Waals surface area contributed by atoms with Crippen LogP contribution in [-0.2, 0) is 10.0 Å². The molecule has 0 aromatic heterocycles. The molecule has 0 bridgehead atoms. The Morgan fingerprint density at radius 2 is 2.05 bits per heavy atom. The first-order valence-corrected chi connectivity index (χ1v) is 8.64. The van der Waals surface area contributed by atoms with Crippen LogP contribution in [0.4, 0.5) is 0 Å². The Morgan fingerprint density at radius 3 is 2.70 bits per heavy atom. The van der Waals surface area contributed by atoms with Gasteiger partial charge in [0.25, 0.3) is 0 Å². The zero-order valence-electron chi connectivity index (χ0n) is 12.5. The van der Waals surface area contributed by atoms with E-state index in [4.69, 9.17) is 0 Å². The van der Waals surface area contributed by atoms with E-state index in [9.17, 15) is 8.42 Å². The van der Waals surface area contributed by atoms with Gasteiger partial charge in [-0.05, 0) is 51.3 Å². The highest BCUT2D eigenvalue weighted by Gasteiger charge is 2.32. The summed E-state index contributed by atoms with van der Waals surface area (Å²) < 4.78 is 27.2. The van der Waals surface area contributed by atoms with Gasteiger partial charge in [-0.25, -0.2) is 8.42 Å². The van der Waals surface area contributed by atoms with Crippen molar-refractivity contribution in [2.75, 3.05) is 20.1 Å². The maximum atomic E-state index is 12.8. The van der Waals surface area contributed by atoms with E-state index >= 15 is 0 Å². The summed E-state index contributed by atoms with van der Waals surface area (Å²) in [6.07, 6.45) is 2.02. The summed E-state index contributed by atoms with van der Waals surface area (Å²) in [6, 6.07) is 7.55. The topological polar surface area (TPSA) is 49.4 Å². The summed E-state index contributed by atoms with van der Waals surface area (Å²) in [5, 5.41) is 3.24. The van der Waals surface area contributed by atoms with Crippen LogP contribution in [0.5, 0.6) is 0 Å². The highest BCUT2D eigenvalue weighted by atomic mass is 32.2. The molecule has 1 aromatic rings. The molecule has 1 aliphatic rings. The number of benzene rings is 1. The average Bonchev–Trinajstić information content (AvgIpc) is 2.47. The minimum absolute atomic E-state index is 0.338. The zero-order chi connectivity index (χ0) is 14.8. The van der Waals surface area contributed by atoms with E-state index in [1.54, 1.807) is 16.4 Å². The van der Waals surface area contributed by atoms with Gasteiger partial charge >= 0.3 is 0 Å². The Labute approximate surface area is 122 Å². The van der Waals surface area contributed by atoms with Crippen molar-refractivity contribution in [2.45, 2.75) is 37.6 Å². The molecular weight excluding hydrogens is 272 g/mol. The van der Waals surface area contributed by atoms with Gasteiger partial charge in [0.05, 0.1) is 4.90 Å². The summed E-state index contributed by atoms with van der Waals surface area (Å²) >= 11 is 0. The molecule has 2 atom stereocenters. The Morgan fingerprint density at radius 1 is 1.35 bits per heavy atom. The first kappa shape index (κ1) is 15.5. The Kier molecular flexibility index (Phi) is 4.83. The van der Waals surface area contributed by atoms with Crippen LogP contribution >= 0.6 is 0 Å². The van der Waals surface area contributed by atoms with Gasteiger partial charge in [-0.3, -0.25) is 0 Å². The van der Waals surface area contributed by atoms with E-state index in [1.807, 2.05) is 26.1 Å². The Hall–Kier alpha value is -0.910. The van der Waals surface area contributed by atoms with Crippen molar-refractivity contribution in [3.63, 3.8) is 0 Å². The monoisotopic (exact) mass is 296 g/mol. The lowest BCUT2D eigenvalue weighted by atomic mass is 9.93. The van der Waals surface area contributed by atoms with Crippen molar-refractivity contribution in [2.24, 2.45) is 5.92 Å². The van der Waals surface area contributed by atoms with Crippen molar-refractivity contribution in [3.8, 4) is 0 Å². The lowest BCUT2D eigenvalue weighted by Crippen LogP contribution is -2.45. The zero-order valence-corrected chi connectivity index (χ0v) is 13.3. The smallest absolute Gasteiger partial charge is 0.243 e. The molecule has 0 aliphatic carbocycles. The molecule has 1 saturated heterocycles. The van der Waals surface area contributed by atoms with Gasteiger partial charge in [0, 0.05) is 19.1 Å². The molecule has 0 radical (unpaired) electrons. The Balaban J connectivity index is 2.24. The molecule has 1 aliphatic heterocycles. The van der Waals surface area contributed by atoms with E-state index in [-0.39, 0.29) is 0 Å². The second kappa shape index (κ2) is 6.24. The third-order valence-corrected chi connectivity index (χ3v) is 6.32. The predicted molar refractivity (Wildman–Crippen MR) is 81.2 cm³/mol. The molecule has 2 rings (SSSR count). The molecule has 4 nitrogen and oxygen atoms in total. The summed E-state index contributed by atoms with van der Waals surface area (Å²) in [5.74, 6) is 0.382. The van der Waals surface area contributed by atoms with Crippen molar-refractivity contribution < 1.29 is 8.42 Å². The summed E-state index contributed by atoms with van der Waals surface area (Å²) in [7, 11) is -1.43. The number of piperidine rings is 1. The van der Waals surface area contributed by atoms with Crippen molar-refractivity contribution in [1.29, 1.82) is 0 Å². The molecule has 0 spiro atoms. The average molecular weight is 296 g/mol. The fraction of sp³-hybridized carbons (Fsp3) is 0.600. The number of hydrogen-bond acceptors (Lipinski definition) is 3. The molecule has 0 saturated carbocycles. The van der Waals surface area contributed by atoms with Crippen LogP contribution in [0.3, 0.4) is 0 Å². The van der Waals surface area contributed by atoms with Gasteiger partial charge in [0.15, 0.2) is 0 Å². The molecular formula is C15H24N2O2S. The lowest BCUT2D eigenvalue weighted by Gasteiger charge is -2.35. The standard InChI is InChI=1S/C15H24N2O2S/c1-12-7-4-5-9-15(12)20(18,19)17-10-6-8-14(11-17)13(2)16-3/h4-5,7,9,13-14,16H,6,8,10-11H2,1-3H3. The van der Waals surface area contributed by atoms with E-state index < -0.39 is 10.0 Å². The highest BCUT2D eigenvalue weighted by molar-refractivity contribution is 7.89. The van der Waals surface area contributed by atoms with Crippen molar-refractivity contribution >= 4 is 10.0 Å². The van der Waals surface area contributed by atoms with Crippen molar-refractivity contribution in [1.82, 2.24) is 9.62 Å². The number of hydrogen-bond donors (Lipinski definition) is 1. The van der Waals surface area contributed by atoms with Gasteiger partial charge in [-0.15, -0.1) is 0 Å². The van der Waals surface area contributed by atoms with E-state index in [1.165, 1.54) is 0 Å². The van der Waals surface area contributed by atoms with Crippen LogP contribution in [0.2, 0.25) is 0 Å². The molecule has 20 heavy (non-hydrogen) atoms. The van der Waals surface area contributed by atoms with Gasteiger partial charge in [-0.1, -0.05) is 18.2 Å². The molecule has 1 fully saturated rings. The van der Waals surface area contributed by atoms with Crippen LogP contribution in [0.15, 0.2) is 29.2 Å². The molecule has 112 valence electrons. The van der Waals surface area contributed by atoms with Gasteiger partial charge in [-0.2, -0.15) is 4.31 Å². The normalized spacial score (nSPS) is 22.6. The molecule has 5 heteroatoms. The molecule has 1 aromatic carbocycles. The first-order valence-electron chi connectivity index (χ1n) is 7.20. The minimum atomic E-state index is -3.36. The van der Waals surface area contributed by atoms with E-state index in [2.05, 4.69) is 12.2 Å². The van der Waals surface area contributed by atoms with Crippen LogP contribution in [-0.4, -0.2) is 38.9 Å². The molecule has 2 unspecified atom stereocenters. The van der Waals surface area contributed by atoms with Crippen LogP contribution in [0.25, 0.3) is 0 Å². The van der Waals surface area contributed by atoms with Gasteiger partial charge in [0.2, 0.25) is 10.0 Å². The first-order chi connectivity index (χ1) is 9.46. The maximum absolute atomic E-state index is 12.8. The molecule has 1 N–H and O–H groups in total. The fourth-order valence-corrected chi connectivity index (χ4v) is 4.58.